The quantitative estimate of drug-likeness (QED) is 0.759. The average Bonchev–Trinajstić information content (AvgIpc) is 2.55. The zero-order chi connectivity index (χ0) is 17.5. The first-order valence-corrected chi connectivity index (χ1v) is 7.95. The molecule has 0 aliphatic carbocycles. The van der Waals surface area contributed by atoms with Gasteiger partial charge in [-0.25, -0.2) is 0 Å². The van der Waals surface area contributed by atoms with E-state index in [0.717, 1.165) is 11.3 Å². The number of benzene rings is 1. The molecule has 0 fully saturated rings. The highest BCUT2D eigenvalue weighted by Crippen LogP contribution is 2.12. The number of aromatic hydroxyl groups is 1. The van der Waals surface area contributed by atoms with E-state index in [-0.39, 0.29) is 11.2 Å². The highest BCUT2D eigenvalue weighted by molar-refractivity contribution is 5.25. The van der Waals surface area contributed by atoms with E-state index in [2.05, 4.69) is 42.3 Å². The zero-order valence-corrected chi connectivity index (χ0v) is 14.1. The molecule has 0 unspecified atom stereocenters. The van der Waals surface area contributed by atoms with Crippen LogP contribution < -0.4 is 5.43 Å². The molecule has 0 atom stereocenters. The molecule has 0 saturated carbocycles. The van der Waals surface area contributed by atoms with E-state index >= 15 is 0 Å². The molecule has 0 aliphatic rings. The summed E-state index contributed by atoms with van der Waals surface area (Å²) < 4.78 is 1.92. The van der Waals surface area contributed by atoms with Gasteiger partial charge in [-0.15, -0.1) is 13.2 Å². The van der Waals surface area contributed by atoms with Crippen molar-refractivity contribution in [3.63, 3.8) is 0 Å². The van der Waals surface area contributed by atoms with Gasteiger partial charge in [0.05, 0.1) is 6.20 Å². The molecule has 4 heteroatoms. The molecule has 1 N–H and O–H groups in total. The maximum atomic E-state index is 11.9. The summed E-state index contributed by atoms with van der Waals surface area (Å²) in [7, 11) is 0. The number of hydrogen-bond acceptors (Lipinski definition) is 3. The Morgan fingerprint density at radius 2 is 1.79 bits per heavy atom. The van der Waals surface area contributed by atoms with Gasteiger partial charge in [0, 0.05) is 37.9 Å². The normalized spacial score (nSPS) is 10.8. The Hall–Kier alpha value is -2.59. The highest BCUT2D eigenvalue weighted by Gasteiger charge is 2.10. The molecule has 2 aromatic rings. The third-order valence-electron chi connectivity index (χ3n) is 3.83. The molecule has 2 rings (SSSR count). The van der Waals surface area contributed by atoms with Gasteiger partial charge in [-0.1, -0.05) is 42.0 Å². The number of aromatic nitrogens is 1. The van der Waals surface area contributed by atoms with Crippen LogP contribution in [0.1, 0.15) is 16.8 Å². The van der Waals surface area contributed by atoms with Gasteiger partial charge in [0.2, 0.25) is 5.43 Å². The monoisotopic (exact) mass is 324 g/mol. The second-order valence-electron chi connectivity index (χ2n) is 5.90. The van der Waals surface area contributed by atoms with Crippen LogP contribution in [0, 0.1) is 6.92 Å². The minimum absolute atomic E-state index is 0.232. The standard InChI is InChI=1S/C20H24N2O2/c1-4-10-21(11-5-2)14-18-12-19(23)20(24)15-22(18)13-17-8-6-16(3)7-9-17/h4-9,12,15,24H,1-2,10-11,13-14H2,3H3. The summed E-state index contributed by atoms with van der Waals surface area (Å²) in [5.74, 6) is -0.232. The van der Waals surface area contributed by atoms with Crippen LogP contribution >= 0.6 is 0 Å². The fourth-order valence-electron chi connectivity index (χ4n) is 2.57. The number of hydrogen-bond donors (Lipinski definition) is 1. The molecule has 24 heavy (non-hydrogen) atoms. The SMILES string of the molecule is C=CCN(CC=C)Cc1cc(=O)c(O)cn1Cc1ccc(C)cc1. The summed E-state index contributed by atoms with van der Waals surface area (Å²) in [4.78, 5) is 14.0. The van der Waals surface area contributed by atoms with E-state index in [1.807, 2.05) is 23.6 Å². The Morgan fingerprint density at radius 3 is 2.38 bits per heavy atom. The molecule has 0 radical (unpaired) electrons. The van der Waals surface area contributed by atoms with E-state index in [9.17, 15) is 9.90 Å². The highest BCUT2D eigenvalue weighted by atomic mass is 16.3. The number of nitrogens with zero attached hydrogens (tertiary/aromatic N) is 2. The number of aryl methyl sites for hydroxylation is 1. The maximum Gasteiger partial charge on any atom is 0.223 e. The van der Waals surface area contributed by atoms with Crippen molar-refractivity contribution in [3.05, 3.63) is 88.9 Å². The molecule has 0 aliphatic heterocycles. The lowest BCUT2D eigenvalue weighted by Gasteiger charge is -2.22. The lowest BCUT2D eigenvalue weighted by Crippen LogP contribution is -2.26. The van der Waals surface area contributed by atoms with Crippen LogP contribution in [-0.2, 0) is 13.1 Å². The summed E-state index contributed by atoms with van der Waals surface area (Å²) >= 11 is 0. The van der Waals surface area contributed by atoms with Gasteiger partial charge < -0.3 is 9.67 Å². The minimum Gasteiger partial charge on any atom is -0.503 e. The smallest absolute Gasteiger partial charge is 0.223 e. The summed E-state index contributed by atoms with van der Waals surface area (Å²) in [5.41, 5.74) is 2.80. The van der Waals surface area contributed by atoms with Crippen molar-refractivity contribution in [3.8, 4) is 5.75 Å². The molecule has 1 heterocycles. The van der Waals surface area contributed by atoms with Gasteiger partial charge in [-0.2, -0.15) is 0 Å². The van der Waals surface area contributed by atoms with Gasteiger partial charge in [0.1, 0.15) is 0 Å². The van der Waals surface area contributed by atoms with E-state index in [1.54, 1.807) is 0 Å². The lowest BCUT2D eigenvalue weighted by molar-refractivity contribution is 0.316. The summed E-state index contributed by atoms with van der Waals surface area (Å²) in [6.07, 6.45) is 5.16. The zero-order valence-electron chi connectivity index (χ0n) is 14.1. The van der Waals surface area contributed by atoms with Crippen LogP contribution in [0.25, 0.3) is 0 Å². The van der Waals surface area contributed by atoms with Gasteiger partial charge in [-0.3, -0.25) is 9.69 Å². The van der Waals surface area contributed by atoms with Gasteiger partial charge >= 0.3 is 0 Å². The topological polar surface area (TPSA) is 45.5 Å². The van der Waals surface area contributed by atoms with E-state index in [0.29, 0.717) is 26.2 Å². The molecule has 1 aromatic carbocycles. The molecule has 126 valence electrons. The molecular weight excluding hydrogens is 300 g/mol. The Bertz CT molecular complexity index is 750. The lowest BCUT2D eigenvalue weighted by atomic mass is 10.1. The van der Waals surface area contributed by atoms with Crippen LogP contribution in [0.3, 0.4) is 0 Å². The molecule has 0 bridgehead atoms. The summed E-state index contributed by atoms with van der Waals surface area (Å²) in [6, 6.07) is 9.72. The Balaban J connectivity index is 2.33. The number of pyridine rings is 1. The molecule has 0 saturated heterocycles. The molecule has 4 nitrogen and oxygen atoms in total. The van der Waals surface area contributed by atoms with Crippen LogP contribution in [0.4, 0.5) is 0 Å². The molecule has 1 aromatic heterocycles. The predicted molar refractivity (Wildman–Crippen MR) is 98.3 cm³/mol. The van der Waals surface area contributed by atoms with E-state index in [1.165, 1.54) is 17.8 Å². The second kappa shape index (κ2) is 8.31. The first-order valence-electron chi connectivity index (χ1n) is 7.95. The Labute approximate surface area is 143 Å². The molecule has 0 amide bonds. The van der Waals surface area contributed by atoms with E-state index in [4.69, 9.17) is 0 Å². The maximum absolute atomic E-state index is 11.9. The fourth-order valence-corrected chi connectivity index (χ4v) is 2.57. The predicted octanol–water partition coefficient (Wildman–Crippen LogP) is 3.08. The van der Waals surface area contributed by atoms with Crippen LogP contribution in [0.5, 0.6) is 5.75 Å². The first kappa shape index (κ1) is 17.8. The van der Waals surface area contributed by atoms with Gasteiger partial charge in [0.15, 0.2) is 5.75 Å². The summed E-state index contributed by atoms with van der Waals surface area (Å²) in [6.45, 7) is 12.2. The third-order valence-corrected chi connectivity index (χ3v) is 3.83. The molecule has 0 spiro atoms. The fraction of sp³-hybridized carbons (Fsp3) is 0.250. The third kappa shape index (κ3) is 4.70. The Kier molecular flexibility index (Phi) is 6.15. The largest absolute Gasteiger partial charge is 0.503 e. The van der Waals surface area contributed by atoms with E-state index < -0.39 is 0 Å². The van der Waals surface area contributed by atoms with Crippen LogP contribution in [0.2, 0.25) is 0 Å². The molecular formula is C20H24N2O2. The van der Waals surface area contributed by atoms with Crippen LogP contribution in [0.15, 0.2) is 66.6 Å². The van der Waals surface area contributed by atoms with Crippen molar-refractivity contribution >= 4 is 0 Å². The number of rotatable bonds is 8. The van der Waals surface area contributed by atoms with Crippen molar-refractivity contribution in [1.82, 2.24) is 9.47 Å². The van der Waals surface area contributed by atoms with Gasteiger partial charge in [-0.05, 0) is 12.5 Å². The van der Waals surface area contributed by atoms with Gasteiger partial charge in [0.25, 0.3) is 0 Å². The van der Waals surface area contributed by atoms with Crippen molar-refractivity contribution in [1.29, 1.82) is 0 Å². The van der Waals surface area contributed by atoms with Crippen molar-refractivity contribution in [2.45, 2.75) is 20.0 Å². The van der Waals surface area contributed by atoms with Crippen LogP contribution in [-0.4, -0.2) is 27.7 Å². The van der Waals surface area contributed by atoms with Crippen molar-refractivity contribution in [2.24, 2.45) is 0 Å². The average molecular weight is 324 g/mol. The van der Waals surface area contributed by atoms with Crippen molar-refractivity contribution in [2.75, 3.05) is 13.1 Å². The minimum atomic E-state index is -0.359. The second-order valence-corrected chi connectivity index (χ2v) is 5.90. The summed E-state index contributed by atoms with van der Waals surface area (Å²) in [5, 5.41) is 9.81. The van der Waals surface area contributed by atoms with Crippen molar-refractivity contribution < 1.29 is 5.11 Å². The Morgan fingerprint density at radius 1 is 1.17 bits per heavy atom. The first-order chi connectivity index (χ1) is 11.5.